The highest BCUT2D eigenvalue weighted by Crippen LogP contribution is 2.31. The Bertz CT molecular complexity index is 337. The van der Waals surface area contributed by atoms with Crippen LogP contribution in [-0.2, 0) is 13.1 Å². The van der Waals surface area contributed by atoms with E-state index >= 15 is 0 Å². The molecule has 0 N–H and O–H groups in total. The van der Waals surface area contributed by atoms with Crippen molar-refractivity contribution in [2.75, 3.05) is 13.1 Å². The zero-order chi connectivity index (χ0) is 10.2. The van der Waals surface area contributed by atoms with Gasteiger partial charge in [0.05, 0.1) is 13.1 Å². The van der Waals surface area contributed by atoms with Crippen LogP contribution >= 0.6 is 0 Å². The van der Waals surface area contributed by atoms with Crippen molar-refractivity contribution in [1.29, 1.82) is 0 Å². The third-order valence-corrected chi connectivity index (χ3v) is 3.85. The zero-order valence-corrected chi connectivity index (χ0v) is 9.51. The summed E-state index contributed by atoms with van der Waals surface area (Å²) < 4.78 is 1.25. The highest BCUT2D eigenvalue weighted by Gasteiger charge is 2.33. The number of nitrogens with zero attached hydrogens (tertiary/aromatic N) is 1. The van der Waals surface area contributed by atoms with Crippen molar-refractivity contribution < 1.29 is 4.48 Å². The third kappa shape index (κ3) is 1.36. The van der Waals surface area contributed by atoms with E-state index in [-0.39, 0.29) is 0 Å². The number of fused-ring (bicyclic) bond motifs is 1. The molecular weight excluding hydrogens is 170 g/mol. The highest BCUT2D eigenvalue weighted by atomic mass is 15.4. The van der Waals surface area contributed by atoms with Gasteiger partial charge in [-0.2, -0.15) is 0 Å². The Balaban J connectivity index is 2.38. The van der Waals surface area contributed by atoms with Crippen LogP contribution in [0.1, 0.15) is 30.5 Å². The minimum Gasteiger partial charge on any atom is -0.317 e. The second kappa shape index (κ2) is 3.39. The number of quaternary nitrogens is 1. The summed E-state index contributed by atoms with van der Waals surface area (Å²) in [6, 6.07) is 6.73. The molecule has 14 heavy (non-hydrogen) atoms. The van der Waals surface area contributed by atoms with Gasteiger partial charge in [0.25, 0.3) is 0 Å². The smallest absolute Gasteiger partial charge is 0.105 e. The number of benzene rings is 1. The lowest BCUT2D eigenvalue weighted by Crippen LogP contribution is -2.42. The van der Waals surface area contributed by atoms with Crippen molar-refractivity contribution in [3.63, 3.8) is 0 Å². The molecule has 0 aliphatic carbocycles. The minimum absolute atomic E-state index is 1.24. The van der Waals surface area contributed by atoms with Crippen LogP contribution in [0.25, 0.3) is 0 Å². The molecule has 0 spiro atoms. The summed E-state index contributed by atoms with van der Waals surface area (Å²) in [6.45, 7) is 11.9. The van der Waals surface area contributed by atoms with Gasteiger partial charge in [0.2, 0.25) is 0 Å². The van der Waals surface area contributed by atoms with E-state index in [1.807, 2.05) is 0 Å². The van der Waals surface area contributed by atoms with Crippen LogP contribution in [0.4, 0.5) is 0 Å². The molecule has 1 nitrogen and oxygen atoms in total. The molecule has 2 rings (SSSR count). The predicted octanol–water partition coefficient (Wildman–Crippen LogP) is 2.87. The van der Waals surface area contributed by atoms with Gasteiger partial charge in [0.15, 0.2) is 0 Å². The fourth-order valence-electron chi connectivity index (χ4n) is 2.56. The van der Waals surface area contributed by atoms with E-state index in [0.29, 0.717) is 0 Å². The molecule has 0 atom stereocenters. The predicted molar refractivity (Wildman–Crippen MR) is 59.9 cm³/mol. The summed E-state index contributed by atoms with van der Waals surface area (Å²) in [5.41, 5.74) is 4.66. The van der Waals surface area contributed by atoms with Crippen molar-refractivity contribution in [2.24, 2.45) is 0 Å². The van der Waals surface area contributed by atoms with E-state index < -0.39 is 0 Å². The highest BCUT2D eigenvalue weighted by molar-refractivity contribution is 5.35. The summed E-state index contributed by atoms with van der Waals surface area (Å²) in [6.07, 6.45) is 0. The summed E-state index contributed by atoms with van der Waals surface area (Å²) in [5.74, 6) is 0. The van der Waals surface area contributed by atoms with E-state index in [1.54, 1.807) is 11.1 Å². The number of hydrogen-bond donors (Lipinski definition) is 0. The van der Waals surface area contributed by atoms with Crippen LogP contribution in [0.3, 0.4) is 0 Å². The van der Waals surface area contributed by atoms with Crippen molar-refractivity contribution in [1.82, 2.24) is 0 Å². The molecule has 0 unspecified atom stereocenters. The molecule has 1 heterocycles. The zero-order valence-electron chi connectivity index (χ0n) is 9.51. The second-order valence-corrected chi connectivity index (χ2v) is 4.50. The molecule has 76 valence electrons. The molecule has 0 radical (unpaired) electrons. The average Bonchev–Trinajstić information content (AvgIpc) is 2.59. The monoisotopic (exact) mass is 190 g/mol. The van der Waals surface area contributed by atoms with Gasteiger partial charge in [-0.1, -0.05) is 18.2 Å². The van der Waals surface area contributed by atoms with Crippen molar-refractivity contribution in [2.45, 2.75) is 33.9 Å². The van der Waals surface area contributed by atoms with Gasteiger partial charge < -0.3 is 4.48 Å². The van der Waals surface area contributed by atoms with Crippen molar-refractivity contribution >= 4 is 0 Å². The van der Waals surface area contributed by atoms with Crippen LogP contribution in [0.5, 0.6) is 0 Å². The Morgan fingerprint density at radius 3 is 2.43 bits per heavy atom. The third-order valence-electron chi connectivity index (χ3n) is 3.85. The summed E-state index contributed by atoms with van der Waals surface area (Å²) in [7, 11) is 0. The van der Waals surface area contributed by atoms with Gasteiger partial charge in [0, 0.05) is 11.1 Å². The summed E-state index contributed by atoms with van der Waals surface area (Å²) in [5, 5.41) is 0. The minimum atomic E-state index is 1.24. The van der Waals surface area contributed by atoms with E-state index in [1.165, 1.54) is 36.2 Å². The summed E-state index contributed by atoms with van der Waals surface area (Å²) >= 11 is 0. The lowest BCUT2D eigenvalue weighted by atomic mass is 10.1. The quantitative estimate of drug-likeness (QED) is 0.629. The molecule has 0 aromatic heterocycles. The molecule has 0 amide bonds. The lowest BCUT2D eigenvalue weighted by Gasteiger charge is -2.31. The standard InChI is InChI=1S/C13H20N/c1-4-14(5-2)9-12-8-6-7-11(3)13(12)10-14/h6-8H,4-5,9-10H2,1-3H3/q+1. The molecule has 0 saturated carbocycles. The Hall–Kier alpha value is -0.820. The molecule has 1 aliphatic rings. The molecule has 0 saturated heterocycles. The fourth-order valence-corrected chi connectivity index (χ4v) is 2.56. The molecular formula is C13H20N+. The Morgan fingerprint density at radius 1 is 1.14 bits per heavy atom. The second-order valence-electron chi connectivity index (χ2n) is 4.50. The first-order valence-corrected chi connectivity index (χ1v) is 5.63. The number of aryl methyl sites for hydroxylation is 1. The first-order chi connectivity index (χ1) is 6.71. The Kier molecular flexibility index (Phi) is 2.36. The maximum atomic E-state index is 2.31. The van der Waals surface area contributed by atoms with Gasteiger partial charge in [-0.25, -0.2) is 0 Å². The molecule has 0 fully saturated rings. The fraction of sp³-hybridized carbons (Fsp3) is 0.538. The van der Waals surface area contributed by atoms with E-state index in [9.17, 15) is 0 Å². The maximum Gasteiger partial charge on any atom is 0.105 e. The number of rotatable bonds is 2. The van der Waals surface area contributed by atoms with Gasteiger partial charge in [0.1, 0.15) is 13.1 Å². The van der Waals surface area contributed by atoms with Crippen LogP contribution in [0.2, 0.25) is 0 Å². The first kappa shape index (κ1) is 9.72. The first-order valence-electron chi connectivity index (χ1n) is 5.63. The average molecular weight is 190 g/mol. The summed E-state index contributed by atoms with van der Waals surface area (Å²) in [4.78, 5) is 0. The van der Waals surface area contributed by atoms with Gasteiger partial charge in [-0.15, -0.1) is 0 Å². The van der Waals surface area contributed by atoms with E-state index in [4.69, 9.17) is 0 Å². The molecule has 0 bridgehead atoms. The van der Waals surface area contributed by atoms with Crippen LogP contribution in [0.15, 0.2) is 18.2 Å². The Morgan fingerprint density at radius 2 is 1.86 bits per heavy atom. The maximum absolute atomic E-state index is 2.31. The van der Waals surface area contributed by atoms with Gasteiger partial charge >= 0.3 is 0 Å². The van der Waals surface area contributed by atoms with Crippen molar-refractivity contribution in [3.8, 4) is 0 Å². The molecule has 1 aliphatic heterocycles. The SMILES string of the molecule is CC[N+]1(CC)Cc2cccc(C)c2C1. The van der Waals surface area contributed by atoms with Crippen molar-refractivity contribution in [3.05, 3.63) is 34.9 Å². The molecule has 1 aromatic carbocycles. The van der Waals surface area contributed by atoms with E-state index in [0.717, 1.165) is 0 Å². The van der Waals surface area contributed by atoms with Crippen LogP contribution in [0, 0.1) is 6.92 Å². The largest absolute Gasteiger partial charge is 0.317 e. The van der Waals surface area contributed by atoms with Gasteiger partial charge in [-0.05, 0) is 26.3 Å². The number of hydrogen-bond acceptors (Lipinski definition) is 0. The molecule has 1 heteroatoms. The topological polar surface area (TPSA) is 0 Å². The normalized spacial score (nSPS) is 18.2. The van der Waals surface area contributed by atoms with Crippen LogP contribution < -0.4 is 0 Å². The van der Waals surface area contributed by atoms with Gasteiger partial charge in [-0.3, -0.25) is 0 Å². The Labute approximate surface area is 86.9 Å². The molecule has 1 aromatic rings. The lowest BCUT2D eigenvalue weighted by molar-refractivity contribution is -0.944. The van der Waals surface area contributed by atoms with Crippen LogP contribution in [-0.4, -0.2) is 17.6 Å². The van der Waals surface area contributed by atoms with E-state index in [2.05, 4.69) is 39.0 Å².